The maximum atomic E-state index is 11.1. The molecule has 1 saturated heterocycles. The number of rotatable bonds is 17. The van der Waals surface area contributed by atoms with Gasteiger partial charge in [0.25, 0.3) is 0 Å². The van der Waals surface area contributed by atoms with Crippen LogP contribution in [0.15, 0.2) is 25.3 Å². The van der Waals surface area contributed by atoms with Crippen molar-refractivity contribution in [3.05, 3.63) is 25.3 Å². The zero-order valence-electron chi connectivity index (χ0n) is 27.5. The Hall–Kier alpha value is -2.62. The van der Waals surface area contributed by atoms with Crippen molar-refractivity contribution >= 4 is 11.9 Å². The van der Waals surface area contributed by atoms with E-state index in [4.69, 9.17) is 18.9 Å². The molecular formula is C37H56N2O6. The van der Waals surface area contributed by atoms with Crippen LogP contribution >= 0.6 is 0 Å². The van der Waals surface area contributed by atoms with Crippen LogP contribution in [-0.2, 0) is 28.5 Å². The largest absolute Gasteiger partial charge is 0.463 e. The molecule has 0 amide bonds. The molecule has 1 aliphatic heterocycles. The minimum absolute atomic E-state index is 0.0482. The van der Waals surface area contributed by atoms with E-state index in [1.807, 2.05) is 0 Å². The first-order chi connectivity index (χ1) is 22.0. The number of carbonyl (C=O) groups is 2. The third-order valence-electron chi connectivity index (χ3n) is 9.07. The van der Waals surface area contributed by atoms with Crippen molar-refractivity contribution in [3.8, 4) is 23.7 Å². The Labute approximate surface area is 271 Å². The predicted octanol–water partition coefficient (Wildman–Crippen LogP) is 6.37. The van der Waals surface area contributed by atoms with Crippen molar-refractivity contribution in [3.63, 3.8) is 0 Å². The van der Waals surface area contributed by atoms with E-state index in [2.05, 4.69) is 54.6 Å². The van der Waals surface area contributed by atoms with Gasteiger partial charge in [-0.2, -0.15) is 0 Å². The third kappa shape index (κ3) is 15.0. The van der Waals surface area contributed by atoms with E-state index in [1.165, 1.54) is 12.2 Å². The average Bonchev–Trinajstić information content (AvgIpc) is 3.53. The van der Waals surface area contributed by atoms with Gasteiger partial charge in [0, 0.05) is 36.5 Å². The lowest BCUT2D eigenvalue weighted by Gasteiger charge is -2.31. The van der Waals surface area contributed by atoms with Gasteiger partial charge in [-0.3, -0.25) is 0 Å². The van der Waals surface area contributed by atoms with Gasteiger partial charge in [-0.25, -0.2) is 20.4 Å². The van der Waals surface area contributed by atoms with E-state index in [0.29, 0.717) is 43.0 Å². The Balaban J connectivity index is 1.25. The predicted molar refractivity (Wildman–Crippen MR) is 176 cm³/mol. The van der Waals surface area contributed by atoms with Crippen LogP contribution in [0.2, 0.25) is 0 Å². The fraction of sp³-hybridized carbons (Fsp3) is 0.730. The number of nitrogens with one attached hydrogen (secondary N) is 2. The molecule has 0 bridgehead atoms. The second kappa shape index (κ2) is 22.0. The van der Waals surface area contributed by atoms with Crippen LogP contribution in [0.5, 0.6) is 0 Å². The monoisotopic (exact) mass is 624 g/mol. The summed E-state index contributed by atoms with van der Waals surface area (Å²) in [5.41, 5.74) is 6.38. The Morgan fingerprint density at radius 1 is 0.756 bits per heavy atom. The average molecular weight is 625 g/mol. The molecule has 0 aromatic heterocycles. The van der Waals surface area contributed by atoms with Gasteiger partial charge >= 0.3 is 11.9 Å². The lowest BCUT2D eigenvalue weighted by atomic mass is 9.73. The summed E-state index contributed by atoms with van der Waals surface area (Å²) in [7, 11) is 0. The Kier molecular flexibility index (Phi) is 18.0. The summed E-state index contributed by atoms with van der Waals surface area (Å²) >= 11 is 0. The van der Waals surface area contributed by atoms with Gasteiger partial charge in [-0.15, -0.1) is 0 Å². The lowest BCUT2D eigenvalue weighted by Crippen LogP contribution is -2.33. The Morgan fingerprint density at radius 2 is 1.38 bits per heavy atom. The summed E-state index contributed by atoms with van der Waals surface area (Å²) in [6.07, 6.45) is 19.2. The quantitative estimate of drug-likeness (QED) is 0.0835. The summed E-state index contributed by atoms with van der Waals surface area (Å²) in [6, 6.07) is 0. The number of carbonyl (C=O) groups excluding carboxylic acids is 2. The van der Waals surface area contributed by atoms with E-state index in [0.717, 1.165) is 109 Å². The van der Waals surface area contributed by atoms with Gasteiger partial charge in [-0.05, 0) is 95.8 Å². The van der Waals surface area contributed by atoms with Crippen molar-refractivity contribution in [2.45, 2.75) is 128 Å². The molecule has 3 fully saturated rings. The molecule has 0 aromatic rings. The topological polar surface area (TPSA) is 95.1 Å². The van der Waals surface area contributed by atoms with Gasteiger partial charge in [0.05, 0.1) is 19.3 Å². The SMILES string of the molecule is C=CC(=O)OCCCCCCOC1CCC(C#CC2CCC(C#CC3NNC(CCCCCOC(=O)C=C)O3)C(CC)C2)CC1. The summed E-state index contributed by atoms with van der Waals surface area (Å²) < 4.78 is 22.2. The molecule has 2 N–H and O–H groups in total. The molecule has 8 heteroatoms. The maximum absolute atomic E-state index is 11.1. The maximum Gasteiger partial charge on any atom is 0.330 e. The summed E-state index contributed by atoms with van der Waals surface area (Å²) in [6.45, 7) is 10.8. The highest BCUT2D eigenvalue weighted by molar-refractivity contribution is 5.81. The Bertz CT molecular complexity index is 1030. The molecule has 1 heterocycles. The fourth-order valence-electron chi connectivity index (χ4n) is 6.32. The van der Waals surface area contributed by atoms with Gasteiger partial charge in [0.2, 0.25) is 0 Å². The fourth-order valence-corrected chi connectivity index (χ4v) is 6.32. The second-order valence-corrected chi connectivity index (χ2v) is 12.5. The first kappa shape index (κ1) is 36.8. The Morgan fingerprint density at radius 3 is 2.04 bits per heavy atom. The van der Waals surface area contributed by atoms with Crippen molar-refractivity contribution < 1.29 is 28.5 Å². The zero-order valence-corrected chi connectivity index (χ0v) is 27.5. The standard InChI is InChI=1S/C37H56N2O6/c1-4-31-28-30(16-15-29-18-22-33(23-19-29)42-25-11-7-8-12-26-43-36(40)5-2)17-20-32(31)21-24-35-39-38-34(45-35)14-10-9-13-27-44-37(41)6-3/h5-6,29-35,38-39H,2-4,7-14,17-20,22-23,25-28H2,1H3. The molecule has 8 nitrogen and oxygen atoms in total. The number of hydrogen-bond acceptors (Lipinski definition) is 8. The van der Waals surface area contributed by atoms with Crippen LogP contribution in [0.1, 0.15) is 110 Å². The number of hydrogen-bond donors (Lipinski definition) is 2. The van der Waals surface area contributed by atoms with Crippen LogP contribution < -0.4 is 10.9 Å². The van der Waals surface area contributed by atoms with E-state index in [9.17, 15) is 9.59 Å². The molecule has 3 rings (SSSR count). The smallest absolute Gasteiger partial charge is 0.330 e. The van der Waals surface area contributed by atoms with E-state index in [1.54, 1.807) is 0 Å². The highest BCUT2D eigenvalue weighted by atomic mass is 16.5. The second-order valence-electron chi connectivity index (χ2n) is 12.5. The molecule has 0 spiro atoms. The normalized spacial score (nSPS) is 27.7. The summed E-state index contributed by atoms with van der Waals surface area (Å²) in [5, 5.41) is 0. The number of unbranched alkanes of at least 4 members (excludes halogenated alkanes) is 5. The molecular weight excluding hydrogens is 568 g/mol. The van der Waals surface area contributed by atoms with Gasteiger partial charge in [0.1, 0.15) is 6.23 Å². The molecule has 250 valence electrons. The van der Waals surface area contributed by atoms with Crippen LogP contribution in [0.25, 0.3) is 0 Å². The van der Waals surface area contributed by atoms with Crippen LogP contribution in [0, 0.1) is 47.4 Å². The highest BCUT2D eigenvalue weighted by Crippen LogP contribution is 2.36. The van der Waals surface area contributed by atoms with Crippen LogP contribution in [0.4, 0.5) is 0 Å². The summed E-state index contributed by atoms with van der Waals surface area (Å²) in [4.78, 5) is 22.1. The first-order valence-corrected chi connectivity index (χ1v) is 17.4. The minimum atomic E-state index is -0.365. The minimum Gasteiger partial charge on any atom is -0.463 e. The molecule has 2 aliphatic carbocycles. The lowest BCUT2D eigenvalue weighted by molar-refractivity contribution is -0.138. The van der Waals surface area contributed by atoms with Crippen molar-refractivity contribution in [1.82, 2.24) is 10.9 Å². The molecule has 0 aromatic carbocycles. The highest BCUT2D eigenvalue weighted by Gasteiger charge is 2.29. The summed E-state index contributed by atoms with van der Waals surface area (Å²) in [5.74, 6) is 15.4. The number of ether oxygens (including phenoxy) is 4. The van der Waals surface area contributed by atoms with Gasteiger partial charge in [-0.1, -0.05) is 56.6 Å². The van der Waals surface area contributed by atoms with Gasteiger partial charge < -0.3 is 18.9 Å². The first-order valence-electron chi connectivity index (χ1n) is 17.4. The molecule has 45 heavy (non-hydrogen) atoms. The van der Waals surface area contributed by atoms with Crippen LogP contribution in [0.3, 0.4) is 0 Å². The molecule has 0 radical (unpaired) electrons. The van der Waals surface area contributed by atoms with Crippen molar-refractivity contribution in [1.29, 1.82) is 0 Å². The van der Waals surface area contributed by atoms with E-state index < -0.39 is 0 Å². The number of hydrazine groups is 1. The van der Waals surface area contributed by atoms with Crippen molar-refractivity contribution in [2.24, 2.45) is 23.7 Å². The molecule has 3 aliphatic rings. The zero-order chi connectivity index (χ0) is 32.1. The third-order valence-corrected chi connectivity index (χ3v) is 9.07. The van der Waals surface area contributed by atoms with Gasteiger partial charge in [0.15, 0.2) is 6.23 Å². The van der Waals surface area contributed by atoms with E-state index >= 15 is 0 Å². The van der Waals surface area contributed by atoms with E-state index in [-0.39, 0.29) is 24.4 Å². The molecule has 2 saturated carbocycles. The molecule has 5 unspecified atom stereocenters. The van der Waals surface area contributed by atoms with Crippen molar-refractivity contribution in [2.75, 3.05) is 19.8 Å². The van der Waals surface area contributed by atoms with Crippen LogP contribution in [-0.4, -0.2) is 50.3 Å². The number of esters is 2. The molecule has 5 atom stereocenters.